The summed E-state index contributed by atoms with van der Waals surface area (Å²) in [5, 5.41) is 22.1. The number of amides is 1. The van der Waals surface area contributed by atoms with Crippen molar-refractivity contribution < 1.29 is 15.0 Å². The van der Waals surface area contributed by atoms with Crippen LogP contribution in [0.5, 0.6) is 11.5 Å². The fourth-order valence-electron chi connectivity index (χ4n) is 3.02. The minimum atomic E-state index is -0.410. The zero-order valence-corrected chi connectivity index (χ0v) is 11.7. The summed E-state index contributed by atoms with van der Waals surface area (Å²) in [6.45, 7) is 2.53. The molecule has 2 atom stereocenters. The number of hydrogen-bond acceptors (Lipinski definition) is 4. The molecule has 1 amide bonds. The van der Waals surface area contributed by atoms with Crippen LogP contribution in [0.3, 0.4) is 0 Å². The van der Waals surface area contributed by atoms with Gasteiger partial charge >= 0.3 is 0 Å². The second-order valence-electron chi connectivity index (χ2n) is 5.84. The van der Waals surface area contributed by atoms with Gasteiger partial charge in [0.2, 0.25) is 0 Å². The molecular weight excluding hydrogens is 256 g/mol. The molecule has 1 aliphatic carbocycles. The van der Waals surface area contributed by atoms with Crippen LogP contribution in [-0.4, -0.2) is 28.2 Å². The Kier molecular flexibility index (Phi) is 4.18. The molecule has 110 valence electrons. The Morgan fingerprint density at radius 2 is 2.25 bits per heavy atom. The highest BCUT2D eigenvalue weighted by Crippen LogP contribution is 2.32. The molecule has 5 N–H and O–H groups in total. The SMILES string of the molecule is CC1CCCC(CN)(NC(=O)c2cc(O)ccc2O)C1. The van der Waals surface area contributed by atoms with Crippen LogP contribution in [0.1, 0.15) is 43.0 Å². The van der Waals surface area contributed by atoms with Gasteiger partial charge < -0.3 is 21.3 Å². The fraction of sp³-hybridized carbons (Fsp3) is 0.533. The largest absolute Gasteiger partial charge is 0.508 e. The van der Waals surface area contributed by atoms with Gasteiger partial charge in [-0.25, -0.2) is 0 Å². The van der Waals surface area contributed by atoms with Crippen molar-refractivity contribution in [3.05, 3.63) is 23.8 Å². The Morgan fingerprint density at radius 3 is 2.90 bits per heavy atom. The number of carbonyl (C=O) groups excluding carboxylic acids is 1. The highest BCUT2D eigenvalue weighted by atomic mass is 16.3. The highest BCUT2D eigenvalue weighted by Gasteiger charge is 2.35. The van der Waals surface area contributed by atoms with E-state index in [1.54, 1.807) is 0 Å². The van der Waals surface area contributed by atoms with E-state index in [-0.39, 0.29) is 17.1 Å². The van der Waals surface area contributed by atoms with Gasteiger partial charge in [0.1, 0.15) is 11.5 Å². The van der Waals surface area contributed by atoms with Crippen molar-refractivity contribution in [1.82, 2.24) is 5.32 Å². The third-order valence-corrected chi connectivity index (χ3v) is 4.09. The van der Waals surface area contributed by atoms with E-state index in [4.69, 9.17) is 5.73 Å². The summed E-state index contributed by atoms with van der Waals surface area (Å²) < 4.78 is 0. The van der Waals surface area contributed by atoms with Crippen LogP contribution < -0.4 is 11.1 Å². The summed E-state index contributed by atoms with van der Waals surface area (Å²) in [5.74, 6) is -0.0635. The molecule has 1 aromatic rings. The lowest BCUT2D eigenvalue weighted by Gasteiger charge is -2.40. The summed E-state index contributed by atoms with van der Waals surface area (Å²) in [6, 6.07) is 3.91. The van der Waals surface area contributed by atoms with Crippen LogP contribution in [0.25, 0.3) is 0 Å². The maximum absolute atomic E-state index is 12.3. The Balaban J connectivity index is 2.19. The van der Waals surface area contributed by atoms with Gasteiger partial charge in [0.15, 0.2) is 0 Å². The molecule has 2 rings (SSSR count). The van der Waals surface area contributed by atoms with Gasteiger partial charge in [0, 0.05) is 6.54 Å². The van der Waals surface area contributed by atoms with Gasteiger partial charge in [-0.2, -0.15) is 0 Å². The molecule has 0 bridgehead atoms. The average molecular weight is 278 g/mol. The Labute approximate surface area is 118 Å². The predicted molar refractivity (Wildman–Crippen MR) is 76.7 cm³/mol. The maximum Gasteiger partial charge on any atom is 0.255 e. The summed E-state index contributed by atoms with van der Waals surface area (Å²) in [6.07, 6.45) is 3.87. The van der Waals surface area contributed by atoms with Crippen molar-refractivity contribution >= 4 is 5.91 Å². The van der Waals surface area contributed by atoms with E-state index in [1.165, 1.54) is 18.2 Å². The topological polar surface area (TPSA) is 95.6 Å². The highest BCUT2D eigenvalue weighted by molar-refractivity contribution is 5.97. The lowest BCUT2D eigenvalue weighted by molar-refractivity contribution is 0.0851. The first-order chi connectivity index (χ1) is 9.46. The van der Waals surface area contributed by atoms with Gasteiger partial charge in [-0.15, -0.1) is 0 Å². The zero-order valence-electron chi connectivity index (χ0n) is 11.7. The molecule has 0 saturated heterocycles. The molecule has 1 saturated carbocycles. The van der Waals surface area contributed by atoms with Gasteiger partial charge in [-0.3, -0.25) is 4.79 Å². The van der Waals surface area contributed by atoms with E-state index in [0.717, 1.165) is 25.7 Å². The van der Waals surface area contributed by atoms with E-state index in [1.807, 2.05) is 0 Å². The first kappa shape index (κ1) is 14.7. The third kappa shape index (κ3) is 3.04. The molecule has 0 aliphatic heterocycles. The minimum absolute atomic E-state index is 0.0493. The Hall–Kier alpha value is -1.75. The second kappa shape index (κ2) is 5.71. The standard InChI is InChI=1S/C15H22N2O3/c1-10-3-2-6-15(8-10,9-16)17-14(20)12-7-11(18)4-5-13(12)19/h4-5,7,10,18-19H,2-3,6,8-9,16H2,1H3,(H,17,20). The normalized spacial score (nSPS) is 26.2. The van der Waals surface area contributed by atoms with E-state index in [2.05, 4.69) is 12.2 Å². The van der Waals surface area contributed by atoms with Crippen LogP contribution in [0, 0.1) is 5.92 Å². The lowest BCUT2D eigenvalue weighted by Crippen LogP contribution is -2.56. The molecule has 0 spiro atoms. The van der Waals surface area contributed by atoms with Crippen LogP contribution in [0.4, 0.5) is 0 Å². The number of nitrogens with two attached hydrogens (primary N) is 1. The van der Waals surface area contributed by atoms with Crippen LogP contribution >= 0.6 is 0 Å². The molecule has 20 heavy (non-hydrogen) atoms. The second-order valence-corrected chi connectivity index (χ2v) is 5.84. The number of benzene rings is 1. The smallest absolute Gasteiger partial charge is 0.255 e. The summed E-state index contributed by atoms with van der Waals surface area (Å²) >= 11 is 0. The minimum Gasteiger partial charge on any atom is -0.508 e. The summed E-state index contributed by atoms with van der Waals surface area (Å²) in [7, 11) is 0. The van der Waals surface area contributed by atoms with Crippen molar-refractivity contribution in [3.63, 3.8) is 0 Å². The average Bonchev–Trinajstić information content (AvgIpc) is 2.41. The number of carbonyl (C=O) groups is 1. The van der Waals surface area contributed by atoms with E-state index in [0.29, 0.717) is 12.5 Å². The molecule has 0 aromatic heterocycles. The molecule has 0 heterocycles. The monoisotopic (exact) mass is 278 g/mol. The number of nitrogens with one attached hydrogen (secondary N) is 1. The van der Waals surface area contributed by atoms with E-state index < -0.39 is 11.4 Å². The number of phenolic OH excluding ortho intramolecular Hbond substituents is 2. The predicted octanol–water partition coefficient (Wildman–Crippen LogP) is 1.74. The number of hydrogen-bond donors (Lipinski definition) is 4. The first-order valence-corrected chi connectivity index (χ1v) is 7.00. The number of rotatable bonds is 3. The van der Waals surface area contributed by atoms with E-state index in [9.17, 15) is 15.0 Å². The molecule has 1 aromatic carbocycles. The Morgan fingerprint density at radius 1 is 1.50 bits per heavy atom. The molecular formula is C15H22N2O3. The summed E-state index contributed by atoms with van der Waals surface area (Å²) in [4.78, 5) is 12.3. The van der Waals surface area contributed by atoms with Crippen LogP contribution in [0.2, 0.25) is 0 Å². The van der Waals surface area contributed by atoms with Crippen molar-refractivity contribution in [3.8, 4) is 11.5 Å². The van der Waals surface area contributed by atoms with Gasteiger partial charge in [0.05, 0.1) is 11.1 Å². The van der Waals surface area contributed by atoms with Crippen molar-refractivity contribution in [2.24, 2.45) is 11.7 Å². The maximum atomic E-state index is 12.3. The summed E-state index contributed by atoms with van der Waals surface area (Å²) in [5.41, 5.74) is 5.54. The third-order valence-electron chi connectivity index (χ3n) is 4.09. The molecule has 5 nitrogen and oxygen atoms in total. The van der Waals surface area contributed by atoms with Crippen molar-refractivity contribution in [2.75, 3.05) is 6.54 Å². The van der Waals surface area contributed by atoms with Crippen LogP contribution in [0.15, 0.2) is 18.2 Å². The number of aromatic hydroxyl groups is 2. The molecule has 0 radical (unpaired) electrons. The quantitative estimate of drug-likeness (QED) is 0.633. The Bertz CT molecular complexity index is 504. The van der Waals surface area contributed by atoms with Gasteiger partial charge in [0.25, 0.3) is 5.91 Å². The van der Waals surface area contributed by atoms with Crippen LogP contribution in [-0.2, 0) is 0 Å². The first-order valence-electron chi connectivity index (χ1n) is 7.00. The van der Waals surface area contributed by atoms with Crippen molar-refractivity contribution in [2.45, 2.75) is 38.1 Å². The zero-order chi connectivity index (χ0) is 14.8. The van der Waals surface area contributed by atoms with E-state index >= 15 is 0 Å². The lowest BCUT2D eigenvalue weighted by atomic mass is 9.76. The fourth-order valence-corrected chi connectivity index (χ4v) is 3.02. The molecule has 2 unspecified atom stereocenters. The number of phenols is 2. The van der Waals surface area contributed by atoms with Gasteiger partial charge in [-0.1, -0.05) is 19.8 Å². The molecule has 1 fully saturated rings. The molecule has 5 heteroatoms. The molecule has 1 aliphatic rings. The van der Waals surface area contributed by atoms with Crippen molar-refractivity contribution in [1.29, 1.82) is 0 Å². The van der Waals surface area contributed by atoms with Gasteiger partial charge in [-0.05, 0) is 37.0 Å².